The highest BCUT2D eigenvalue weighted by Gasteiger charge is 2.16. The number of rotatable bonds is 8. The summed E-state index contributed by atoms with van der Waals surface area (Å²) < 4.78 is 7.23. The lowest BCUT2D eigenvalue weighted by Gasteiger charge is -2.17. The topological polar surface area (TPSA) is 52.0 Å². The lowest BCUT2D eigenvalue weighted by atomic mass is 10.2. The van der Waals surface area contributed by atoms with E-state index < -0.39 is 0 Å². The van der Waals surface area contributed by atoms with Crippen molar-refractivity contribution >= 4 is 11.3 Å². The molecule has 104 valence electrons. The van der Waals surface area contributed by atoms with E-state index in [2.05, 4.69) is 26.8 Å². The van der Waals surface area contributed by atoms with Gasteiger partial charge in [0.15, 0.2) is 0 Å². The average Bonchev–Trinajstić information content (AvgIpc) is 3.08. The molecule has 2 aromatic rings. The van der Waals surface area contributed by atoms with Gasteiger partial charge < -0.3 is 14.6 Å². The molecule has 0 aliphatic rings. The van der Waals surface area contributed by atoms with Gasteiger partial charge >= 0.3 is 0 Å². The Hall–Kier alpha value is -1.24. The maximum atomic E-state index is 5.03. The first-order valence-electron chi connectivity index (χ1n) is 6.46. The Morgan fingerprint density at radius 3 is 3.11 bits per heavy atom. The van der Waals surface area contributed by atoms with Crippen molar-refractivity contribution in [2.75, 3.05) is 20.3 Å². The van der Waals surface area contributed by atoms with Crippen LogP contribution in [-0.2, 0) is 11.3 Å². The molecule has 6 heteroatoms. The van der Waals surface area contributed by atoms with E-state index in [1.54, 1.807) is 18.4 Å². The summed E-state index contributed by atoms with van der Waals surface area (Å²) in [6.45, 7) is 4.53. The highest BCUT2D eigenvalue weighted by Crippen LogP contribution is 2.24. The molecule has 0 aliphatic carbocycles. The van der Waals surface area contributed by atoms with Crippen LogP contribution in [0.25, 0.3) is 0 Å². The molecule has 1 unspecified atom stereocenters. The molecule has 0 radical (unpaired) electrons. The summed E-state index contributed by atoms with van der Waals surface area (Å²) in [6.07, 6.45) is 6.67. The van der Waals surface area contributed by atoms with Gasteiger partial charge in [0.05, 0.1) is 24.7 Å². The van der Waals surface area contributed by atoms with Gasteiger partial charge in [-0.15, -0.1) is 11.3 Å². The van der Waals surface area contributed by atoms with E-state index >= 15 is 0 Å². The molecule has 0 aliphatic heterocycles. The molecule has 0 spiro atoms. The predicted molar refractivity (Wildman–Crippen MR) is 76.4 cm³/mol. The Balaban J connectivity index is 2.05. The van der Waals surface area contributed by atoms with Crippen LogP contribution in [-0.4, -0.2) is 34.8 Å². The lowest BCUT2D eigenvalue weighted by molar-refractivity contribution is 0.199. The van der Waals surface area contributed by atoms with Gasteiger partial charge in [0.2, 0.25) is 0 Å². The van der Waals surface area contributed by atoms with Crippen molar-refractivity contribution in [3.8, 4) is 0 Å². The van der Waals surface area contributed by atoms with Gasteiger partial charge in [0, 0.05) is 38.0 Å². The van der Waals surface area contributed by atoms with Crippen molar-refractivity contribution in [3.05, 3.63) is 34.8 Å². The van der Waals surface area contributed by atoms with Crippen LogP contribution in [0.5, 0.6) is 0 Å². The normalized spacial score (nSPS) is 12.7. The first-order chi connectivity index (χ1) is 9.36. The number of nitrogens with one attached hydrogen (secondary N) is 1. The Morgan fingerprint density at radius 2 is 2.42 bits per heavy atom. The second kappa shape index (κ2) is 7.37. The second-order valence-electron chi connectivity index (χ2n) is 4.26. The third-order valence-electron chi connectivity index (χ3n) is 2.99. The Bertz CT molecular complexity index is 469. The predicted octanol–water partition coefficient (Wildman–Crippen LogP) is 2.08. The molecule has 0 saturated carbocycles. The third kappa shape index (κ3) is 3.62. The fourth-order valence-electron chi connectivity index (χ4n) is 2.03. The summed E-state index contributed by atoms with van der Waals surface area (Å²) in [7, 11) is 1.71. The van der Waals surface area contributed by atoms with E-state index in [9.17, 15) is 0 Å². The zero-order chi connectivity index (χ0) is 13.5. The number of thiazole rings is 1. The molecule has 2 aromatic heterocycles. The SMILES string of the molecule is CCC(c1nccs1)n1cncc1CNCCOC. The van der Waals surface area contributed by atoms with E-state index in [1.165, 1.54) is 5.69 Å². The molecule has 0 fully saturated rings. The van der Waals surface area contributed by atoms with Crippen LogP contribution in [0.15, 0.2) is 24.1 Å². The lowest BCUT2D eigenvalue weighted by Crippen LogP contribution is -2.21. The number of nitrogens with zero attached hydrogens (tertiary/aromatic N) is 3. The van der Waals surface area contributed by atoms with Crippen LogP contribution < -0.4 is 5.32 Å². The standard InChI is InChI=1S/C13H20N4OS/c1-3-12(13-16-5-7-19-13)17-10-15-9-11(17)8-14-4-6-18-2/h5,7,9-10,12,14H,3-4,6,8H2,1-2H3. The van der Waals surface area contributed by atoms with Crippen LogP contribution >= 0.6 is 11.3 Å². The number of hydrogen-bond acceptors (Lipinski definition) is 5. The highest BCUT2D eigenvalue weighted by molar-refractivity contribution is 7.09. The molecule has 2 rings (SSSR count). The third-order valence-corrected chi connectivity index (χ3v) is 3.87. The summed E-state index contributed by atoms with van der Waals surface area (Å²) in [4.78, 5) is 8.69. The van der Waals surface area contributed by atoms with E-state index in [0.29, 0.717) is 0 Å². The van der Waals surface area contributed by atoms with Crippen molar-refractivity contribution in [1.29, 1.82) is 0 Å². The molecule has 5 nitrogen and oxygen atoms in total. The van der Waals surface area contributed by atoms with Crippen LogP contribution in [0, 0.1) is 0 Å². The minimum Gasteiger partial charge on any atom is -0.383 e. The van der Waals surface area contributed by atoms with Crippen molar-refractivity contribution in [3.63, 3.8) is 0 Å². The average molecular weight is 280 g/mol. The zero-order valence-electron chi connectivity index (χ0n) is 11.4. The number of hydrogen-bond donors (Lipinski definition) is 1. The van der Waals surface area contributed by atoms with Crippen LogP contribution in [0.3, 0.4) is 0 Å². The number of methoxy groups -OCH3 is 1. The summed E-state index contributed by atoms with van der Waals surface area (Å²) in [5, 5.41) is 6.51. The molecule has 0 amide bonds. The highest BCUT2D eigenvalue weighted by atomic mass is 32.1. The molecule has 0 bridgehead atoms. The molecule has 1 N–H and O–H groups in total. The maximum Gasteiger partial charge on any atom is 0.115 e. The summed E-state index contributed by atoms with van der Waals surface area (Å²) in [6, 6.07) is 0.279. The quantitative estimate of drug-likeness (QED) is 0.752. The Labute approximate surface area is 117 Å². The van der Waals surface area contributed by atoms with Gasteiger partial charge in [0.25, 0.3) is 0 Å². The first-order valence-corrected chi connectivity index (χ1v) is 7.34. The zero-order valence-corrected chi connectivity index (χ0v) is 12.2. The molecule has 2 heterocycles. The van der Waals surface area contributed by atoms with Gasteiger partial charge in [-0.2, -0.15) is 0 Å². The van der Waals surface area contributed by atoms with E-state index in [1.807, 2.05) is 24.1 Å². The van der Waals surface area contributed by atoms with Gasteiger partial charge in [-0.05, 0) is 6.42 Å². The monoisotopic (exact) mass is 280 g/mol. The van der Waals surface area contributed by atoms with Gasteiger partial charge in [-0.25, -0.2) is 9.97 Å². The summed E-state index contributed by atoms with van der Waals surface area (Å²) in [5.41, 5.74) is 1.18. The van der Waals surface area contributed by atoms with Gasteiger partial charge in [0.1, 0.15) is 5.01 Å². The second-order valence-corrected chi connectivity index (χ2v) is 5.18. The Kier molecular flexibility index (Phi) is 5.50. The smallest absolute Gasteiger partial charge is 0.115 e. The summed E-state index contributed by atoms with van der Waals surface area (Å²) >= 11 is 1.69. The maximum absolute atomic E-state index is 5.03. The summed E-state index contributed by atoms with van der Waals surface area (Å²) in [5.74, 6) is 0. The fraction of sp³-hybridized carbons (Fsp3) is 0.538. The minimum absolute atomic E-state index is 0.279. The number of ether oxygens (including phenoxy) is 1. The molecule has 19 heavy (non-hydrogen) atoms. The van der Waals surface area contributed by atoms with E-state index in [4.69, 9.17) is 4.74 Å². The Morgan fingerprint density at radius 1 is 1.53 bits per heavy atom. The molecular formula is C13H20N4OS. The van der Waals surface area contributed by atoms with E-state index in [0.717, 1.165) is 31.1 Å². The fourth-order valence-corrected chi connectivity index (χ4v) is 2.85. The van der Waals surface area contributed by atoms with Crippen LogP contribution in [0.1, 0.15) is 30.1 Å². The molecule has 0 saturated heterocycles. The number of imidazole rings is 1. The largest absolute Gasteiger partial charge is 0.383 e. The minimum atomic E-state index is 0.279. The van der Waals surface area contributed by atoms with Crippen molar-refractivity contribution in [2.24, 2.45) is 0 Å². The van der Waals surface area contributed by atoms with Crippen molar-refractivity contribution < 1.29 is 4.74 Å². The van der Waals surface area contributed by atoms with Gasteiger partial charge in [-0.3, -0.25) is 0 Å². The van der Waals surface area contributed by atoms with Crippen molar-refractivity contribution in [2.45, 2.75) is 25.9 Å². The van der Waals surface area contributed by atoms with Crippen LogP contribution in [0.4, 0.5) is 0 Å². The number of aromatic nitrogens is 3. The molecular weight excluding hydrogens is 260 g/mol. The first kappa shape index (κ1) is 14.2. The van der Waals surface area contributed by atoms with E-state index in [-0.39, 0.29) is 6.04 Å². The molecule has 1 atom stereocenters. The van der Waals surface area contributed by atoms with Crippen molar-refractivity contribution in [1.82, 2.24) is 19.9 Å². The van der Waals surface area contributed by atoms with Crippen LogP contribution in [0.2, 0.25) is 0 Å². The molecule has 0 aromatic carbocycles. The van der Waals surface area contributed by atoms with Gasteiger partial charge in [-0.1, -0.05) is 6.92 Å².